The molecule has 0 bridgehead atoms. The molecule has 1 N–H and O–H groups in total. The van der Waals surface area contributed by atoms with E-state index in [-0.39, 0.29) is 0 Å². The standard InChI is InChI=1S/C12H23N3/c1-4-7-9-10(6-3)12-13-11(8-5-2)14-15-12/h10H,4-9H2,1-3H3,(H,13,14,15). The Bertz CT molecular complexity index is 268. The van der Waals surface area contributed by atoms with Crippen molar-refractivity contribution in [1.82, 2.24) is 15.2 Å². The molecule has 1 heterocycles. The predicted molar refractivity (Wildman–Crippen MR) is 62.9 cm³/mol. The second-order valence-corrected chi connectivity index (χ2v) is 4.14. The van der Waals surface area contributed by atoms with Crippen molar-refractivity contribution in [2.24, 2.45) is 0 Å². The Kier molecular flexibility index (Phi) is 5.37. The Balaban J connectivity index is 2.57. The van der Waals surface area contributed by atoms with Gasteiger partial charge in [0.2, 0.25) is 0 Å². The van der Waals surface area contributed by atoms with Gasteiger partial charge in [0.05, 0.1) is 0 Å². The second-order valence-electron chi connectivity index (χ2n) is 4.14. The highest BCUT2D eigenvalue weighted by atomic mass is 15.2. The first-order chi connectivity index (χ1) is 7.31. The number of H-pyrrole nitrogens is 1. The summed E-state index contributed by atoms with van der Waals surface area (Å²) >= 11 is 0. The molecule has 86 valence electrons. The zero-order chi connectivity index (χ0) is 11.1. The molecule has 1 unspecified atom stereocenters. The fourth-order valence-electron chi connectivity index (χ4n) is 1.81. The molecule has 0 aliphatic heterocycles. The molecule has 1 aromatic rings. The molecule has 0 aromatic carbocycles. The minimum atomic E-state index is 0.548. The summed E-state index contributed by atoms with van der Waals surface area (Å²) in [6.07, 6.45) is 7.02. The van der Waals surface area contributed by atoms with Gasteiger partial charge >= 0.3 is 0 Å². The lowest BCUT2D eigenvalue weighted by Crippen LogP contribution is -2.00. The maximum absolute atomic E-state index is 4.56. The molecule has 3 nitrogen and oxygen atoms in total. The van der Waals surface area contributed by atoms with E-state index in [1.807, 2.05) is 0 Å². The molecule has 0 spiro atoms. The molecule has 0 aliphatic rings. The summed E-state index contributed by atoms with van der Waals surface area (Å²) in [5.41, 5.74) is 0. The first kappa shape index (κ1) is 12.2. The number of aromatic nitrogens is 3. The van der Waals surface area contributed by atoms with E-state index in [0.717, 1.165) is 30.9 Å². The van der Waals surface area contributed by atoms with E-state index in [2.05, 4.69) is 36.0 Å². The van der Waals surface area contributed by atoms with Crippen molar-refractivity contribution in [1.29, 1.82) is 0 Å². The van der Waals surface area contributed by atoms with Crippen molar-refractivity contribution in [3.8, 4) is 0 Å². The lowest BCUT2D eigenvalue weighted by atomic mass is 9.99. The highest BCUT2D eigenvalue weighted by Crippen LogP contribution is 2.22. The Labute approximate surface area is 92.7 Å². The molecule has 3 heteroatoms. The number of aromatic amines is 1. The van der Waals surface area contributed by atoms with Crippen LogP contribution in [0.4, 0.5) is 0 Å². The van der Waals surface area contributed by atoms with Gasteiger partial charge in [0.1, 0.15) is 5.82 Å². The van der Waals surface area contributed by atoms with Crippen LogP contribution in [0.5, 0.6) is 0 Å². The molecular weight excluding hydrogens is 186 g/mol. The van der Waals surface area contributed by atoms with Crippen LogP contribution in [0.25, 0.3) is 0 Å². The normalized spacial score (nSPS) is 13.0. The number of nitrogens with one attached hydrogen (secondary N) is 1. The van der Waals surface area contributed by atoms with E-state index in [4.69, 9.17) is 0 Å². The highest BCUT2D eigenvalue weighted by molar-refractivity contribution is 4.97. The Morgan fingerprint density at radius 1 is 1.20 bits per heavy atom. The fourth-order valence-corrected chi connectivity index (χ4v) is 1.81. The Morgan fingerprint density at radius 2 is 2.00 bits per heavy atom. The van der Waals surface area contributed by atoms with Crippen molar-refractivity contribution in [3.05, 3.63) is 11.6 Å². The van der Waals surface area contributed by atoms with E-state index >= 15 is 0 Å². The van der Waals surface area contributed by atoms with Crippen molar-refractivity contribution >= 4 is 0 Å². The number of aryl methyl sites for hydroxylation is 1. The lowest BCUT2D eigenvalue weighted by Gasteiger charge is -2.09. The molecule has 0 radical (unpaired) electrons. The summed E-state index contributed by atoms with van der Waals surface area (Å²) < 4.78 is 0. The molecule has 0 saturated carbocycles. The van der Waals surface area contributed by atoms with Crippen LogP contribution in [0.15, 0.2) is 0 Å². The summed E-state index contributed by atoms with van der Waals surface area (Å²) in [5, 5.41) is 7.36. The van der Waals surface area contributed by atoms with Crippen LogP contribution >= 0.6 is 0 Å². The summed E-state index contributed by atoms with van der Waals surface area (Å²) in [5.74, 6) is 2.61. The van der Waals surface area contributed by atoms with Gasteiger partial charge in [-0.3, -0.25) is 5.10 Å². The zero-order valence-corrected chi connectivity index (χ0v) is 10.2. The number of hydrogen-bond acceptors (Lipinski definition) is 2. The predicted octanol–water partition coefficient (Wildman–Crippen LogP) is 3.44. The average molecular weight is 209 g/mol. The van der Waals surface area contributed by atoms with Gasteiger partial charge in [-0.05, 0) is 19.3 Å². The highest BCUT2D eigenvalue weighted by Gasteiger charge is 2.13. The third kappa shape index (κ3) is 3.65. The van der Waals surface area contributed by atoms with Crippen molar-refractivity contribution in [3.63, 3.8) is 0 Å². The van der Waals surface area contributed by atoms with Gasteiger partial charge in [-0.15, -0.1) is 0 Å². The van der Waals surface area contributed by atoms with Crippen LogP contribution in [0.2, 0.25) is 0 Å². The van der Waals surface area contributed by atoms with Gasteiger partial charge in [-0.25, -0.2) is 4.98 Å². The summed E-state index contributed by atoms with van der Waals surface area (Å²) in [7, 11) is 0. The van der Waals surface area contributed by atoms with Gasteiger partial charge in [-0.2, -0.15) is 5.10 Å². The Hall–Kier alpha value is -0.860. The molecule has 0 fully saturated rings. The number of unbranched alkanes of at least 4 members (excludes halogenated alkanes) is 1. The Morgan fingerprint density at radius 3 is 2.60 bits per heavy atom. The van der Waals surface area contributed by atoms with Gasteiger partial charge in [0.25, 0.3) is 0 Å². The molecule has 1 rings (SSSR count). The molecule has 0 aliphatic carbocycles. The van der Waals surface area contributed by atoms with E-state index in [9.17, 15) is 0 Å². The number of rotatable bonds is 7. The molecular formula is C12H23N3. The van der Waals surface area contributed by atoms with Crippen molar-refractivity contribution < 1.29 is 0 Å². The molecule has 15 heavy (non-hydrogen) atoms. The zero-order valence-electron chi connectivity index (χ0n) is 10.2. The van der Waals surface area contributed by atoms with Crippen molar-refractivity contribution in [2.75, 3.05) is 0 Å². The van der Waals surface area contributed by atoms with Gasteiger partial charge in [0.15, 0.2) is 5.82 Å². The maximum Gasteiger partial charge on any atom is 0.153 e. The average Bonchev–Trinajstić information content (AvgIpc) is 2.68. The van der Waals surface area contributed by atoms with Crippen LogP contribution < -0.4 is 0 Å². The van der Waals surface area contributed by atoms with Gasteiger partial charge in [0, 0.05) is 12.3 Å². The first-order valence-electron chi connectivity index (χ1n) is 6.22. The summed E-state index contributed by atoms with van der Waals surface area (Å²) in [6, 6.07) is 0. The largest absolute Gasteiger partial charge is 0.263 e. The quantitative estimate of drug-likeness (QED) is 0.747. The van der Waals surface area contributed by atoms with Gasteiger partial charge in [-0.1, -0.05) is 33.6 Å². The maximum atomic E-state index is 4.56. The SMILES string of the molecule is CCCCC(CC)c1n[nH]c(CCC)n1. The molecule has 1 aromatic heterocycles. The van der Waals surface area contributed by atoms with Gasteiger partial charge < -0.3 is 0 Å². The smallest absolute Gasteiger partial charge is 0.153 e. The monoisotopic (exact) mass is 209 g/mol. The fraction of sp³-hybridized carbons (Fsp3) is 0.833. The third-order valence-electron chi connectivity index (χ3n) is 2.80. The minimum absolute atomic E-state index is 0.548. The van der Waals surface area contributed by atoms with Crippen LogP contribution in [-0.2, 0) is 6.42 Å². The van der Waals surface area contributed by atoms with Crippen LogP contribution in [0.3, 0.4) is 0 Å². The summed E-state index contributed by atoms with van der Waals surface area (Å²) in [6.45, 7) is 6.61. The molecule has 0 saturated heterocycles. The van der Waals surface area contributed by atoms with E-state index in [0.29, 0.717) is 5.92 Å². The minimum Gasteiger partial charge on any atom is -0.263 e. The van der Waals surface area contributed by atoms with E-state index < -0.39 is 0 Å². The lowest BCUT2D eigenvalue weighted by molar-refractivity contribution is 0.544. The molecule has 1 atom stereocenters. The summed E-state index contributed by atoms with van der Waals surface area (Å²) in [4.78, 5) is 4.56. The first-order valence-corrected chi connectivity index (χ1v) is 6.22. The van der Waals surface area contributed by atoms with E-state index in [1.54, 1.807) is 0 Å². The third-order valence-corrected chi connectivity index (χ3v) is 2.80. The topological polar surface area (TPSA) is 41.6 Å². The van der Waals surface area contributed by atoms with Crippen LogP contribution in [0, 0.1) is 0 Å². The van der Waals surface area contributed by atoms with Crippen molar-refractivity contribution in [2.45, 2.75) is 65.2 Å². The van der Waals surface area contributed by atoms with Crippen LogP contribution in [-0.4, -0.2) is 15.2 Å². The molecule has 0 amide bonds. The van der Waals surface area contributed by atoms with Crippen LogP contribution in [0.1, 0.15) is 70.4 Å². The second kappa shape index (κ2) is 6.59. The van der Waals surface area contributed by atoms with E-state index in [1.165, 1.54) is 19.3 Å². The number of hydrogen-bond donors (Lipinski definition) is 1. The number of nitrogens with zero attached hydrogens (tertiary/aromatic N) is 2.